The first kappa shape index (κ1) is 18.5. The van der Waals surface area contributed by atoms with Crippen LogP contribution in [-0.2, 0) is 6.54 Å². The molecule has 0 saturated heterocycles. The predicted octanol–water partition coefficient (Wildman–Crippen LogP) is 6.53. The van der Waals surface area contributed by atoms with Crippen LogP contribution in [0, 0.1) is 17.9 Å². The molecule has 1 aromatic heterocycles. The molecular formula is C23H24N4. The smallest absolute Gasteiger partial charge is 0.173 e. The number of para-hydroxylation sites is 1. The fourth-order valence-corrected chi connectivity index (χ4v) is 3.43. The van der Waals surface area contributed by atoms with Gasteiger partial charge in [0.25, 0.3) is 0 Å². The normalized spacial score (nSPS) is 10.5. The van der Waals surface area contributed by atoms with Crippen LogP contribution >= 0.6 is 0 Å². The van der Waals surface area contributed by atoms with Gasteiger partial charge < -0.3 is 4.57 Å². The Kier molecular flexibility index (Phi) is 5.46. The van der Waals surface area contributed by atoms with Crippen molar-refractivity contribution in [1.82, 2.24) is 4.57 Å². The Morgan fingerprint density at radius 3 is 2.37 bits per heavy atom. The highest BCUT2D eigenvalue weighted by Crippen LogP contribution is 2.30. The van der Waals surface area contributed by atoms with E-state index >= 15 is 0 Å². The van der Waals surface area contributed by atoms with Gasteiger partial charge in [0.15, 0.2) is 5.84 Å². The van der Waals surface area contributed by atoms with Crippen LogP contribution in [-0.4, -0.2) is 10.4 Å². The zero-order valence-corrected chi connectivity index (χ0v) is 16.0. The van der Waals surface area contributed by atoms with Gasteiger partial charge in [-0.2, -0.15) is 0 Å². The van der Waals surface area contributed by atoms with E-state index in [2.05, 4.69) is 59.1 Å². The second kappa shape index (κ2) is 7.96. The van der Waals surface area contributed by atoms with Crippen LogP contribution in [0.5, 0.6) is 0 Å². The quantitative estimate of drug-likeness (QED) is 0.238. The van der Waals surface area contributed by atoms with Crippen LogP contribution in [0.15, 0.2) is 71.8 Å². The van der Waals surface area contributed by atoms with E-state index < -0.39 is 0 Å². The molecule has 136 valence electrons. The van der Waals surface area contributed by atoms with Gasteiger partial charge >= 0.3 is 0 Å². The average molecular weight is 356 g/mol. The minimum atomic E-state index is -0.0163. The third-order valence-corrected chi connectivity index (χ3v) is 4.58. The molecule has 1 heterocycles. The minimum absolute atomic E-state index is 0.0163. The van der Waals surface area contributed by atoms with Crippen molar-refractivity contribution in [1.29, 1.82) is 10.9 Å². The molecule has 3 aromatic carbocycles. The van der Waals surface area contributed by atoms with Crippen LogP contribution in [0.1, 0.15) is 30.5 Å². The summed E-state index contributed by atoms with van der Waals surface area (Å²) >= 11 is 0. The van der Waals surface area contributed by atoms with Gasteiger partial charge in [-0.25, -0.2) is 5.53 Å². The standard InChI is InChI=1S/C21H18N4.C2H6/c1-14-5-4-6-15(11-14)13-25-19-8-3-2-7-17(19)18-12-16(21(22)24-23)9-10-20(18)25;1-2/h2-12,22-23H,13H2,1H3;1-2H3. The summed E-state index contributed by atoms with van der Waals surface area (Å²) in [4.78, 5) is 0. The first-order chi connectivity index (χ1) is 13.2. The van der Waals surface area contributed by atoms with Gasteiger partial charge in [-0.3, -0.25) is 5.41 Å². The lowest BCUT2D eigenvalue weighted by molar-refractivity contribution is 0.867. The molecule has 0 bridgehead atoms. The van der Waals surface area contributed by atoms with Gasteiger partial charge in [0.1, 0.15) is 0 Å². The lowest BCUT2D eigenvalue weighted by Gasteiger charge is -2.09. The maximum atomic E-state index is 7.81. The monoisotopic (exact) mass is 356 g/mol. The Balaban J connectivity index is 0.00000102. The molecular weight excluding hydrogens is 332 g/mol. The van der Waals surface area contributed by atoms with E-state index in [4.69, 9.17) is 10.9 Å². The van der Waals surface area contributed by atoms with Crippen molar-refractivity contribution in [3.63, 3.8) is 0 Å². The van der Waals surface area contributed by atoms with Gasteiger partial charge in [0, 0.05) is 33.9 Å². The fraction of sp³-hybridized carbons (Fsp3) is 0.174. The van der Waals surface area contributed by atoms with Gasteiger partial charge in [0.2, 0.25) is 0 Å². The van der Waals surface area contributed by atoms with Crippen LogP contribution < -0.4 is 0 Å². The molecule has 0 aliphatic carbocycles. The molecule has 0 fully saturated rings. The van der Waals surface area contributed by atoms with Crippen molar-refractivity contribution in [2.24, 2.45) is 5.11 Å². The van der Waals surface area contributed by atoms with E-state index in [0.717, 1.165) is 22.8 Å². The van der Waals surface area contributed by atoms with Crippen LogP contribution in [0.4, 0.5) is 0 Å². The number of fused-ring (bicyclic) bond motifs is 3. The predicted molar refractivity (Wildman–Crippen MR) is 113 cm³/mol. The minimum Gasteiger partial charge on any atom is -0.336 e. The number of nitrogens with zero attached hydrogens (tertiary/aromatic N) is 2. The van der Waals surface area contributed by atoms with Gasteiger partial charge in [0.05, 0.1) is 0 Å². The number of aryl methyl sites for hydroxylation is 1. The number of aromatic nitrogens is 1. The number of hydrogen-bond donors (Lipinski definition) is 2. The van der Waals surface area contributed by atoms with E-state index in [9.17, 15) is 0 Å². The summed E-state index contributed by atoms with van der Waals surface area (Å²) in [6, 6.07) is 22.7. The van der Waals surface area contributed by atoms with Crippen molar-refractivity contribution < 1.29 is 0 Å². The summed E-state index contributed by atoms with van der Waals surface area (Å²) < 4.78 is 2.31. The van der Waals surface area contributed by atoms with Gasteiger partial charge in [-0.1, -0.05) is 61.9 Å². The molecule has 2 N–H and O–H groups in total. The maximum absolute atomic E-state index is 7.81. The maximum Gasteiger partial charge on any atom is 0.173 e. The lowest BCUT2D eigenvalue weighted by Crippen LogP contribution is -2.00. The molecule has 4 heteroatoms. The molecule has 0 spiro atoms. The molecule has 4 nitrogen and oxygen atoms in total. The number of rotatable bonds is 3. The zero-order valence-electron chi connectivity index (χ0n) is 16.0. The topological polar surface area (TPSA) is 65.0 Å². The Labute approximate surface area is 159 Å². The van der Waals surface area contributed by atoms with E-state index in [0.29, 0.717) is 5.56 Å². The molecule has 0 unspecified atom stereocenters. The molecule has 0 atom stereocenters. The summed E-state index contributed by atoms with van der Waals surface area (Å²) in [6.07, 6.45) is 0. The highest BCUT2D eigenvalue weighted by atomic mass is 15.0. The number of benzene rings is 3. The molecule has 0 aliphatic heterocycles. The molecule has 0 radical (unpaired) electrons. The van der Waals surface area contributed by atoms with Crippen molar-refractivity contribution >= 4 is 27.6 Å². The van der Waals surface area contributed by atoms with E-state index in [1.807, 2.05) is 38.1 Å². The number of amidine groups is 1. The number of nitrogens with one attached hydrogen (secondary N) is 2. The van der Waals surface area contributed by atoms with E-state index in [-0.39, 0.29) is 5.84 Å². The zero-order chi connectivity index (χ0) is 19.4. The second-order valence-electron chi connectivity index (χ2n) is 6.28. The van der Waals surface area contributed by atoms with Crippen LogP contribution in [0.3, 0.4) is 0 Å². The molecule has 0 amide bonds. The Hall–Kier alpha value is -3.27. The van der Waals surface area contributed by atoms with Gasteiger partial charge in [-0.15, -0.1) is 5.11 Å². The molecule has 0 aliphatic rings. The summed E-state index contributed by atoms with van der Waals surface area (Å²) in [5.74, 6) is -0.0163. The van der Waals surface area contributed by atoms with Crippen molar-refractivity contribution in [3.05, 3.63) is 83.4 Å². The molecule has 0 saturated carbocycles. The highest BCUT2D eigenvalue weighted by molar-refractivity contribution is 6.11. The van der Waals surface area contributed by atoms with Crippen molar-refractivity contribution in [2.45, 2.75) is 27.3 Å². The SMILES string of the molecule is CC.Cc1cccc(Cn2c3ccccc3c3cc(C(=N)N=N)ccc32)c1. The first-order valence-electron chi connectivity index (χ1n) is 9.20. The lowest BCUT2D eigenvalue weighted by atomic mass is 10.1. The summed E-state index contributed by atoms with van der Waals surface area (Å²) in [6.45, 7) is 6.91. The van der Waals surface area contributed by atoms with E-state index in [1.54, 1.807) is 0 Å². The fourth-order valence-electron chi connectivity index (χ4n) is 3.43. The molecule has 27 heavy (non-hydrogen) atoms. The van der Waals surface area contributed by atoms with Crippen LogP contribution in [0.25, 0.3) is 21.8 Å². The Morgan fingerprint density at radius 1 is 0.889 bits per heavy atom. The largest absolute Gasteiger partial charge is 0.336 e. The Bertz CT molecular complexity index is 1120. The van der Waals surface area contributed by atoms with Gasteiger partial charge in [-0.05, 0) is 36.8 Å². The third kappa shape index (κ3) is 3.51. The van der Waals surface area contributed by atoms with E-state index in [1.165, 1.54) is 16.6 Å². The highest BCUT2D eigenvalue weighted by Gasteiger charge is 2.12. The average Bonchev–Trinajstić information content (AvgIpc) is 3.02. The summed E-state index contributed by atoms with van der Waals surface area (Å²) in [5, 5.41) is 13.3. The van der Waals surface area contributed by atoms with Crippen molar-refractivity contribution in [3.8, 4) is 0 Å². The number of hydrogen-bond acceptors (Lipinski definition) is 2. The van der Waals surface area contributed by atoms with Crippen molar-refractivity contribution in [2.75, 3.05) is 0 Å². The third-order valence-electron chi connectivity index (χ3n) is 4.58. The molecule has 4 aromatic rings. The second-order valence-corrected chi connectivity index (χ2v) is 6.28. The Morgan fingerprint density at radius 2 is 1.63 bits per heavy atom. The first-order valence-corrected chi connectivity index (χ1v) is 9.20. The summed E-state index contributed by atoms with van der Waals surface area (Å²) in [7, 11) is 0. The summed E-state index contributed by atoms with van der Waals surface area (Å²) in [5.41, 5.74) is 12.6. The molecule has 4 rings (SSSR count). The van der Waals surface area contributed by atoms with Crippen LogP contribution in [0.2, 0.25) is 0 Å².